The number of rotatable bonds is 6. The van der Waals surface area contributed by atoms with E-state index in [0.29, 0.717) is 13.0 Å². The first kappa shape index (κ1) is 15.1. The molecule has 2 unspecified atom stereocenters. The summed E-state index contributed by atoms with van der Waals surface area (Å²) >= 11 is 0. The summed E-state index contributed by atoms with van der Waals surface area (Å²) in [7, 11) is 0. The van der Waals surface area contributed by atoms with Gasteiger partial charge in [-0.05, 0) is 31.4 Å². The van der Waals surface area contributed by atoms with Gasteiger partial charge in [-0.1, -0.05) is 6.92 Å². The molecule has 3 N–H and O–H groups in total. The lowest BCUT2D eigenvalue weighted by molar-refractivity contribution is 0.0690. The molecule has 1 heterocycles. The maximum absolute atomic E-state index is 11.8. The zero-order chi connectivity index (χ0) is 14.4. The summed E-state index contributed by atoms with van der Waals surface area (Å²) in [6, 6.07) is 2.69. The van der Waals surface area contributed by atoms with Gasteiger partial charge < -0.3 is 15.5 Å². The summed E-state index contributed by atoms with van der Waals surface area (Å²) in [6.45, 7) is 4.04. The maximum Gasteiger partial charge on any atom is 0.354 e. The van der Waals surface area contributed by atoms with Crippen molar-refractivity contribution in [2.75, 3.05) is 6.54 Å². The normalized spacial score (nSPS) is 13.6. The van der Waals surface area contributed by atoms with Crippen LogP contribution < -0.4 is 5.32 Å². The Bertz CT molecular complexity index is 460. The summed E-state index contributed by atoms with van der Waals surface area (Å²) in [6.07, 6.45) is 1.47. The lowest BCUT2D eigenvalue weighted by Crippen LogP contribution is -2.29. The molecule has 6 heteroatoms. The van der Waals surface area contributed by atoms with E-state index in [2.05, 4.69) is 10.3 Å². The van der Waals surface area contributed by atoms with Crippen molar-refractivity contribution in [1.82, 2.24) is 10.3 Å². The molecule has 0 radical (unpaired) electrons. The highest BCUT2D eigenvalue weighted by molar-refractivity contribution is 5.96. The number of carboxylic acid groups (broad SMARTS) is 1. The molecular weight excluding hydrogens is 248 g/mol. The first-order valence-corrected chi connectivity index (χ1v) is 6.05. The first-order chi connectivity index (χ1) is 8.90. The number of nitrogens with one attached hydrogen (secondary N) is 1. The number of nitrogens with zero attached hydrogens (tertiary/aromatic N) is 1. The molecule has 0 saturated heterocycles. The molecule has 0 aromatic carbocycles. The van der Waals surface area contributed by atoms with E-state index in [1.807, 2.05) is 6.92 Å². The number of aliphatic hydroxyl groups is 1. The fourth-order valence-corrected chi connectivity index (χ4v) is 1.72. The Hall–Kier alpha value is -1.95. The van der Waals surface area contributed by atoms with Crippen LogP contribution >= 0.6 is 0 Å². The van der Waals surface area contributed by atoms with Crippen molar-refractivity contribution < 1.29 is 19.8 Å². The number of aromatic nitrogens is 1. The average Bonchev–Trinajstić information content (AvgIpc) is 2.35. The van der Waals surface area contributed by atoms with Gasteiger partial charge in [0.2, 0.25) is 0 Å². The van der Waals surface area contributed by atoms with Gasteiger partial charge in [0.25, 0.3) is 5.91 Å². The molecule has 104 valence electrons. The molecule has 6 nitrogen and oxygen atoms in total. The molecule has 1 amide bonds. The Morgan fingerprint density at radius 2 is 2.11 bits per heavy atom. The molecule has 0 aliphatic heterocycles. The van der Waals surface area contributed by atoms with Gasteiger partial charge in [0.15, 0.2) is 0 Å². The smallest absolute Gasteiger partial charge is 0.354 e. The van der Waals surface area contributed by atoms with Crippen LogP contribution in [-0.4, -0.2) is 39.7 Å². The first-order valence-electron chi connectivity index (χ1n) is 6.05. The third kappa shape index (κ3) is 5.05. The molecule has 19 heavy (non-hydrogen) atoms. The highest BCUT2D eigenvalue weighted by Crippen LogP contribution is 2.06. The van der Waals surface area contributed by atoms with Crippen LogP contribution in [0.25, 0.3) is 0 Å². The average molecular weight is 266 g/mol. The number of carbonyl (C=O) groups is 2. The fourth-order valence-electron chi connectivity index (χ4n) is 1.72. The van der Waals surface area contributed by atoms with Crippen LogP contribution in [0.1, 0.15) is 41.1 Å². The van der Waals surface area contributed by atoms with Crippen molar-refractivity contribution >= 4 is 11.9 Å². The van der Waals surface area contributed by atoms with Crippen LogP contribution in [-0.2, 0) is 0 Å². The predicted molar refractivity (Wildman–Crippen MR) is 69.0 cm³/mol. The van der Waals surface area contributed by atoms with Gasteiger partial charge in [0, 0.05) is 18.3 Å². The quantitative estimate of drug-likeness (QED) is 0.711. The van der Waals surface area contributed by atoms with Crippen molar-refractivity contribution in [1.29, 1.82) is 0 Å². The van der Waals surface area contributed by atoms with Gasteiger partial charge in [0.05, 0.1) is 6.10 Å². The maximum atomic E-state index is 11.8. The van der Waals surface area contributed by atoms with Gasteiger partial charge in [-0.15, -0.1) is 0 Å². The van der Waals surface area contributed by atoms with Crippen LogP contribution in [0.4, 0.5) is 0 Å². The minimum atomic E-state index is -1.17. The SMILES string of the molecule is CC(O)CC(C)CNC(=O)c1ccnc(C(=O)O)c1. The summed E-state index contributed by atoms with van der Waals surface area (Å²) in [5.41, 5.74) is 0.0984. The number of aromatic carboxylic acids is 1. The van der Waals surface area contributed by atoms with E-state index in [1.54, 1.807) is 6.92 Å². The van der Waals surface area contributed by atoms with Crippen LogP contribution in [0.15, 0.2) is 18.3 Å². The Morgan fingerprint density at radius 1 is 1.42 bits per heavy atom. The van der Waals surface area contributed by atoms with Crippen molar-refractivity contribution in [3.8, 4) is 0 Å². The Morgan fingerprint density at radius 3 is 2.68 bits per heavy atom. The summed E-state index contributed by atoms with van der Waals surface area (Å²) in [4.78, 5) is 26.2. The van der Waals surface area contributed by atoms with Gasteiger partial charge in [-0.25, -0.2) is 9.78 Å². The number of carbonyl (C=O) groups excluding carboxylic acids is 1. The van der Waals surface area contributed by atoms with E-state index in [4.69, 9.17) is 5.11 Å². The highest BCUT2D eigenvalue weighted by atomic mass is 16.4. The second-order valence-corrected chi connectivity index (χ2v) is 4.63. The molecule has 2 atom stereocenters. The lowest BCUT2D eigenvalue weighted by atomic mass is 10.0. The number of pyridine rings is 1. The molecule has 1 aromatic rings. The third-order valence-corrected chi connectivity index (χ3v) is 2.60. The van der Waals surface area contributed by atoms with Gasteiger partial charge >= 0.3 is 5.97 Å². The highest BCUT2D eigenvalue weighted by Gasteiger charge is 2.12. The van der Waals surface area contributed by atoms with Crippen LogP contribution in [0.3, 0.4) is 0 Å². The second-order valence-electron chi connectivity index (χ2n) is 4.63. The fraction of sp³-hybridized carbons (Fsp3) is 0.462. The monoisotopic (exact) mass is 266 g/mol. The van der Waals surface area contributed by atoms with E-state index >= 15 is 0 Å². The molecule has 0 aliphatic carbocycles. The van der Waals surface area contributed by atoms with Gasteiger partial charge in [0.1, 0.15) is 5.69 Å². The number of carboxylic acids is 1. The Kier molecular flexibility index (Phi) is 5.44. The molecule has 0 bridgehead atoms. The number of hydrogen-bond acceptors (Lipinski definition) is 4. The van der Waals surface area contributed by atoms with E-state index < -0.39 is 12.1 Å². The number of hydrogen-bond donors (Lipinski definition) is 3. The van der Waals surface area contributed by atoms with Crippen molar-refractivity contribution in [3.63, 3.8) is 0 Å². The predicted octanol–water partition coefficient (Wildman–Crippen LogP) is 0.917. The molecule has 1 aromatic heterocycles. The number of aliphatic hydroxyl groups excluding tert-OH is 1. The van der Waals surface area contributed by atoms with Gasteiger partial charge in [-0.2, -0.15) is 0 Å². The topological polar surface area (TPSA) is 99.5 Å². The lowest BCUT2D eigenvalue weighted by Gasteiger charge is -2.14. The second kappa shape index (κ2) is 6.84. The molecule has 0 fully saturated rings. The minimum absolute atomic E-state index is 0.143. The van der Waals surface area contributed by atoms with Crippen LogP contribution in [0.5, 0.6) is 0 Å². The van der Waals surface area contributed by atoms with Crippen molar-refractivity contribution in [3.05, 3.63) is 29.6 Å². The van der Waals surface area contributed by atoms with Crippen LogP contribution in [0, 0.1) is 5.92 Å². The Balaban J connectivity index is 2.58. The number of amides is 1. The van der Waals surface area contributed by atoms with Crippen molar-refractivity contribution in [2.24, 2.45) is 5.92 Å². The minimum Gasteiger partial charge on any atom is -0.477 e. The third-order valence-electron chi connectivity index (χ3n) is 2.60. The Labute approximate surface area is 111 Å². The molecule has 0 spiro atoms. The van der Waals surface area contributed by atoms with E-state index in [-0.39, 0.29) is 23.1 Å². The zero-order valence-electron chi connectivity index (χ0n) is 11.0. The van der Waals surface area contributed by atoms with Crippen molar-refractivity contribution in [2.45, 2.75) is 26.4 Å². The molecule has 0 aliphatic rings. The van der Waals surface area contributed by atoms with E-state index in [9.17, 15) is 14.7 Å². The van der Waals surface area contributed by atoms with E-state index in [0.717, 1.165) is 0 Å². The van der Waals surface area contributed by atoms with E-state index in [1.165, 1.54) is 18.3 Å². The standard InChI is InChI=1S/C13H18N2O4/c1-8(5-9(2)16)7-15-12(17)10-3-4-14-11(6-10)13(18)19/h3-4,6,8-9,16H,5,7H2,1-2H3,(H,15,17)(H,18,19). The molecule has 1 rings (SSSR count). The van der Waals surface area contributed by atoms with Crippen LogP contribution in [0.2, 0.25) is 0 Å². The summed E-state index contributed by atoms with van der Waals surface area (Å²) < 4.78 is 0. The molecular formula is C13H18N2O4. The largest absolute Gasteiger partial charge is 0.477 e. The molecule has 0 saturated carbocycles. The van der Waals surface area contributed by atoms with Gasteiger partial charge in [-0.3, -0.25) is 4.79 Å². The summed E-state index contributed by atoms with van der Waals surface area (Å²) in [5.74, 6) is -1.37. The zero-order valence-corrected chi connectivity index (χ0v) is 11.0. The summed E-state index contributed by atoms with van der Waals surface area (Å²) in [5, 5.41) is 20.7.